The smallest absolute Gasteiger partial charge is 0.282 e. The van der Waals surface area contributed by atoms with E-state index in [1.54, 1.807) is 17.5 Å². The summed E-state index contributed by atoms with van der Waals surface area (Å²) in [5.41, 5.74) is -1.33. The van der Waals surface area contributed by atoms with E-state index in [-0.39, 0.29) is 23.9 Å². The number of hydrogen-bond donors (Lipinski definition) is 1. The number of pyridine rings is 1. The fourth-order valence-corrected chi connectivity index (χ4v) is 3.52. The Kier molecular flexibility index (Phi) is 2.59. The van der Waals surface area contributed by atoms with Gasteiger partial charge in [-0.15, -0.1) is 11.3 Å². The molecule has 1 fully saturated rings. The van der Waals surface area contributed by atoms with Crippen LogP contribution in [0.15, 0.2) is 34.6 Å². The molecule has 1 aliphatic carbocycles. The summed E-state index contributed by atoms with van der Waals surface area (Å²) in [6.45, 7) is 0.276. The second-order valence-electron chi connectivity index (χ2n) is 5.67. The quantitative estimate of drug-likeness (QED) is 0.862. The van der Waals surface area contributed by atoms with Crippen molar-refractivity contribution < 1.29 is 14.7 Å². The molecule has 1 spiro atoms. The number of aromatic hydroxyl groups is 1. The number of carbonyl (C=O) groups is 2. The third-order valence-corrected chi connectivity index (χ3v) is 5.14. The van der Waals surface area contributed by atoms with E-state index in [1.165, 1.54) is 27.2 Å². The van der Waals surface area contributed by atoms with Crippen molar-refractivity contribution in [2.75, 3.05) is 11.6 Å². The summed E-state index contributed by atoms with van der Waals surface area (Å²) in [4.78, 5) is 37.5. The van der Waals surface area contributed by atoms with Crippen LogP contribution < -0.4 is 10.4 Å². The summed E-state index contributed by atoms with van der Waals surface area (Å²) >= 11 is 1.31. The summed E-state index contributed by atoms with van der Waals surface area (Å²) < 4.78 is 1.31. The molecule has 0 radical (unpaired) electrons. The van der Waals surface area contributed by atoms with Gasteiger partial charge in [-0.2, -0.15) is 0 Å². The molecule has 0 aromatic carbocycles. The average Bonchev–Trinajstić information content (AvgIpc) is 3.07. The first-order chi connectivity index (χ1) is 10.5. The molecule has 1 saturated carbocycles. The minimum absolute atomic E-state index is 0.0823. The lowest BCUT2D eigenvalue weighted by molar-refractivity contribution is 0.0828. The molecule has 6 nitrogen and oxygen atoms in total. The second kappa shape index (κ2) is 4.30. The predicted molar refractivity (Wildman–Crippen MR) is 80.1 cm³/mol. The Morgan fingerprint density at radius 1 is 1.27 bits per heavy atom. The van der Waals surface area contributed by atoms with Crippen LogP contribution in [0.5, 0.6) is 5.75 Å². The standard InChI is InChI=1S/C15H12N2O4S/c18-9-3-6-16-11(12(9)19)13(20)15(4-5-15)8-17(16)14(21)10-2-1-7-22-10/h1-3,6-7,19H,4-5,8H2. The van der Waals surface area contributed by atoms with Crippen molar-refractivity contribution in [1.29, 1.82) is 0 Å². The van der Waals surface area contributed by atoms with Crippen LogP contribution in [0.4, 0.5) is 0 Å². The van der Waals surface area contributed by atoms with Gasteiger partial charge >= 0.3 is 0 Å². The number of nitrogens with zero attached hydrogens (tertiary/aromatic N) is 2. The molecule has 7 heteroatoms. The minimum Gasteiger partial charge on any atom is -0.503 e. The lowest BCUT2D eigenvalue weighted by atomic mass is 9.95. The highest BCUT2D eigenvalue weighted by atomic mass is 32.1. The molecule has 0 unspecified atom stereocenters. The van der Waals surface area contributed by atoms with Crippen molar-refractivity contribution in [2.45, 2.75) is 12.8 Å². The highest BCUT2D eigenvalue weighted by Crippen LogP contribution is 2.51. The van der Waals surface area contributed by atoms with Gasteiger partial charge in [-0.1, -0.05) is 6.07 Å². The summed E-state index contributed by atoms with van der Waals surface area (Å²) in [5, 5.41) is 13.3. The fourth-order valence-electron chi connectivity index (χ4n) is 2.85. The molecule has 1 aliphatic heterocycles. The molecule has 1 N–H and O–H groups in total. The molecular formula is C15H12N2O4S. The molecule has 2 aromatic heterocycles. The Labute approximate surface area is 129 Å². The number of Topliss-reactive ketones (excluding diaryl/α,β-unsaturated/α-hetero) is 1. The molecule has 2 aliphatic rings. The van der Waals surface area contributed by atoms with Gasteiger partial charge < -0.3 is 5.11 Å². The van der Waals surface area contributed by atoms with E-state index in [4.69, 9.17) is 0 Å². The predicted octanol–water partition coefficient (Wildman–Crippen LogP) is 1.37. The minimum atomic E-state index is -0.641. The van der Waals surface area contributed by atoms with Crippen molar-refractivity contribution in [3.05, 3.63) is 50.6 Å². The van der Waals surface area contributed by atoms with Gasteiger partial charge in [-0.25, -0.2) is 5.01 Å². The van der Waals surface area contributed by atoms with E-state index >= 15 is 0 Å². The normalized spacial score (nSPS) is 18.4. The lowest BCUT2D eigenvalue weighted by Gasteiger charge is -2.35. The van der Waals surface area contributed by atoms with Gasteiger partial charge in [0.05, 0.1) is 16.8 Å². The van der Waals surface area contributed by atoms with Gasteiger partial charge in [0, 0.05) is 12.3 Å². The molecule has 112 valence electrons. The zero-order valence-electron chi connectivity index (χ0n) is 11.5. The molecule has 3 heterocycles. The van der Waals surface area contributed by atoms with Gasteiger partial charge in [0.25, 0.3) is 5.91 Å². The van der Waals surface area contributed by atoms with Crippen LogP contribution in [-0.2, 0) is 0 Å². The number of aromatic nitrogens is 1. The molecule has 2 aromatic rings. The first-order valence-electron chi connectivity index (χ1n) is 6.89. The Bertz CT molecular complexity index is 849. The van der Waals surface area contributed by atoms with Crippen molar-refractivity contribution in [2.24, 2.45) is 5.41 Å². The number of rotatable bonds is 1. The van der Waals surface area contributed by atoms with Crippen molar-refractivity contribution in [3.8, 4) is 5.75 Å². The maximum Gasteiger partial charge on any atom is 0.282 e. The third-order valence-electron chi connectivity index (χ3n) is 4.28. The van der Waals surface area contributed by atoms with E-state index in [0.717, 1.165) is 6.07 Å². The van der Waals surface area contributed by atoms with Gasteiger partial charge in [0.1, 0.15) is 0 Å². The summed E-state index contributed by atoms with van der Waals surface area (Å²) in [6, 6.07) is 4.65. The van der Waals surface area contributed by atoms with E-state index in [1.807, 2.05) is 0 Å². The third kappa shape index (κ3) is 1.69. The van der Waals surface area contributed by atoms with E-state index < -0.39 is 16.6 Å². The number of ketones is 1. The first kappa shape index (κ1) is 13.3. The summed E-state index contributed by atoms with van der Waals surface area (Å²) in [5.74, 6) is -1.07. The topological polar surface area (TPSA) is 79.6 Å². The fraction of sp³-hybridized carbons (Fsp3) is 0.267. The molecule has 0 bridgehead atoms. The van der Waals surface area contributed by atoms with Gasteiger partial charge in [-0.05, 0) is 24.3 Å². The highest BCUT2D eigenvalue weighted by Gasteiger charge is 2.56. The van der Waals surface area contributed by atoms with Gasteiger partial charge in [0.2, 0.25) is 5.43 Å². The van der Waals surface area contributed by atoms with E-state index in [2.05, 4.69) is 0 Å². The molecule has 0 atom stereocenters. The molecule has 22 heavy (non-hydrogen) atoms. The zero-order chi connectivity index (χ0) is 15.5. The van der Waals surface area contributed by atoms with Crippen LogP contribution in [0.1, 0.15) is 33.0 Å². The monoisotopic (exact) mass is 316 g/mol. The summed E-state index contributed by atoms with van der Waals surface area (Å²) in [7, 11) is 0. The molecule has 1 amide bonds. The maximum absolute atomic E-state index is 12.7. The maximum atomic E-state index is 12.7. The van der Waals surface area contributed by atoms with E-state index in [9.17, 15) is 19.5 Å². The zero-order valence-corrected chi connectivity index (χ0v) is 12.3. The Morgan fingerprint density at radius 2 is 2.05 bits per heavy atom. The average molecular weight is 316 g/mol. The largest absolute Gasteiger partial charge is 0.503 e. The second-order valence-corrected chi connectivity index (χ2v) is 6.62. The van der Waals surface area contributed by atoms with Crippen LogP contribution in [-0.4, -0.2) is 28.0 Å². The molecule has 4 rings (SSSR count). The van der Waals surface area contributed by atoms with E-state index in [0.29, 0.717) is 17.7 Å². The van der Waals surface area contributed by atoms with Crippen LogP contribution in [0.25, 0.3) is 0 Å². The van der Waals surface area contributed by atoms with Crippen LogP contribution in [0, 0.1) is 5.41 Å². The number of thiophene rings is 1. The summed E-state index contributed by atoms with van der Waals surface area (Å²) in [6.07, 6.45) is 2.71. The number of hydrogen-bond acceptors (Lipinski definition) is 5. The van der Waals surface area contributed by atoms with Crippen molar-refractivity contribution in [1.82, 2.24) is 4.68 Å². The SMILES string of the molecule is O=C(c1cccs1)N1CC2(CC2)C(=O)c2c(O)c(=O)ccn21. The van der Waals surface area contributed by atoms with Gasteiger partial charge in [-0.3, -0.25) is 19.1 Å². The van der Waals surface area contributed by atoms with Crippen molar-refractivity contribution in [3.63, 3.8) is 0 Å². The number of amides is 1. The molecular weight excluding hydrogens is 304 g/mol. The highest BCUT2D eigenvalue weighted by molar-refractivity contribution is 7.12. The Hall–Kier alpha value is -2.41. The molecule has 0 saturated heterocycles. The van der Waals surface area contributed by atoms with Crippen molar-refractivity contribution >= 4 is 23.0 Å². The van der Waals surface area contributed by atoms with Crippen LogP contribution in [0.3, 0.4) is 0 Å². The Morgan fingerprint density at radius 3 is 2.68 bits per heavy atom. The van der Waals surface area contributed by atoms with Gasteiger partial charge in [0.15, 0.2) is 17.2 Å². The number of fused-ring (bicyclic) bond motifs is 1. The first-order valence-corrected chi connectivity index (χ1v) is 7.77. The van der Waals surface area contributed by atoms with Crippen LogP contribution in [0.2, 0.25) is 0 Å². The Balaban J connectivity index is 1.90. The van der Waals surface area contributed by atoms with Crippen LogP contribution >= 0.6 is 11.3 Å². The number of carbonyl (C=O) groups excluding carboxylic acids is 2. The lowest BCUT2D eigenvalue weighted by Crippen LogP contribution is -2.52.